The molecule has 3 heterocycles. The van der Waals surface area contributed by atoms with Gasteiger partial charge in [0.2, 0.25) is 0 Å². The van der Waals surface area contributed by atoms with Crippen LogP contribution in [-0.2, 0) is 18.3 Å². The Bertz CT molecular complexity index is 1140. The van der Waals surface area contributed by atoms with E-state index >= 15 is 0 Å². The topological polar surface area (TPSA) is 28.5 Å². The number of halogens is 3. The number of amides is 1. The van der Waals surface area contributed by atoms with Crippen molar-refractivity contribution in [2.45, 2.75) is 31.1 Å². The third-order valence-electron chi connectivity index (χ3n) is 7.25. The van der Waals surface area contributed by atoms with E-state index in [9.17, 15) is 18.0 Å². The number of likely N-dealkylation sites (tertiary alicyclic amines) is 1. The number of likely N-dealkylation sites (N-methyl/N-ethyl adjacent to an activating group) is 1. The maximum Gasteiger partial charge on any atom is 0.431 e. The minimum Gasteiger partial charge on any atom is -0.338 e. The van der Waals surface area contributed by atoms with Crippen molar-refractivity contribution in [1.29, 1.82) is 0 Å². The molecule has 1 fully saturated rings. The second-order valence-electron chi connectivity index (χ2n) is 8.94. The summed E-state index contributed by atoms with van der Waals surface area (Å²) in [5, 5.41) is 0. The van der Waals surface area contributed by atoms with Crippen molar-refractivity contribution in [1.82, 2.24) is 14.4 Å². The number of alkyl halides is 3. The van der Waals surface area contributed by atoms with E-state index in [2.05, 4.69) is 4.90 Å². The lowest BCUT2D eigenvalue weighted by molar-refractivity contribution is -0.144. The fourth-order valence-electron chi connectivity index (χ4n) is 5.36. The summed E-state index contributed by atoms with van der Waals surface area (Å²) in [6, 6.07) is 20.4. The van der Waals surface area contributed by atoms with Crippen molar-refractivity contribution in [2.24, 2.45) is 0 Å². The quantitative estimate of drug-likeness (QED) is 0.530. The van der Waals surface area contributed by atoms with Gasteiger partial charge in [-0.25, -0.2) is 0 Å². The summed E-state index contributed by atoms with van der Waals surface area (Å²) < 4.78 is 41.8. The zero-order valence-electron chi connectivity index (χ0n) is 18.5. The van der Waals surface area contributed by atoms with Crippen LogP contribution in [0.5, 0.6) is 0 Å². The van der Waals surface area contributed by atoms with E-state index in [1.807, 2.05) is 66.5 Å². The van der Waals surface area contributed by atoms with E-state index in [1.54, 1.807) is 6.07 Å². The second kappa shape index (κ2) is 8.06. The van der Waals surface area contributed by atoms with E-state index in [1.165, 1.54) is 10.6 Å². The van der Waals surface area contributed by atoms with Gasteiger partial charge in [-0.1, -0.05) is 42.5 Å². The van der Waals surface area contributed by atoms with Crippen LogP contribution >= 0.6 is 0 Å². The Kier molecular flexibility index (Phi) is 5.32. The molecule has 0 bridgehead atoms. The number of piperidine rings is 1. The molecule has 2 aromatic carbocycles. The van der Waals surface area contributed by atoms with Gasteiger partial charge < -0.3 is 9.47 Å². The highest BCUT2D eigenvalue weighted by atomic mass is 19.4. The largest absolute Gasteiger partial charge is 0.431 e. The van der Waals surface area contributed by atoms with Crippen LogP contribution < -0.4 is 0 Å². The van der Waals surface area contributed by atoms with E-state index in [-0.39, 0.29) is 5.91 Å². The number of rotatable bonds is 2. The number of benzene rings is 2. The first kappa shape index (κ1) is 21.8. The molecule has 0 unspecified atom stereocenters. The summed E-state index contributed by atoms with van der Waals surface area (Å²) in [4.78, 5) is 17.1. The minimum absolute atomic E-state index is 0.0331. The zero-order chi connectivity index (χ0) is 23.2. The second-order valence-corrected chi connectivity index (χ2v) is 8.94. The van der Waals surface area contributed by atoms with E-state index in [0.29, 0.717) is 50.3 Å². The Balaban J connectivity index is 1.33. The number of carbonyl (C=O) groups excluding carboxylic acids is 1. The van der Waals surface area contributed by atoms with Crippen LogP contribution in [0.15, 0.2) is 66.7 Å². The van der Waals surface area contributed by atoms with Gasteiger partial charge in [0.05, 0.1) is 5.54 Å². The highest BCUT2D eigenvalue weighted by molar-refractivity contribution is 5.94. The predicted molar refractivity (Wildman–Crippen MR) is 121 cm³/mol. The van der Waals surface area contributed by atoms with Crippen molar-refractivity contribution in [3.05, 3.63) is 83.7 Å². The smallest absolute Gasteiger partial charge is 0.338 e. The van der Waals surface area contributed by atoms with E-state index in [4.69, 9.17) is 0 Å². The number of hydrogen-bond donors (Lipinski definition) is 0. The van der Waals surface area contributed by atoms with Gasteiger partial charge in [-0.2, -0.15) is 13.2 Å². The van der Waals surface area contributed by atoms with Crippen molar-refractivity contribution in [2.75, 3.05) is 26.7 Å². The molecule has 1 amide bonds. The molecule has 7 heteroatoms. The van der Waals surface area contributed by atoms with Gasteiger partial charge in [-0.15, -0.1) is 0 Å². The monoisotopic (exact) mass is 453 g/mol. The Hall–Kier alpha value is -3.06. The molecule has 4 nitrogen and oxygen atoms in total. The molecule has 0 aliphatic carbocycles. The van der Waals surface area contributed by atoms with Crippen LogP contribution in [0.2, 0.25) is 0 Å². The molecule has 5 rings (SSSR count). The normalized spacial score (nSPS) is 18.4. The first-order valence-electron chi connectivity index (χ1n) is 11.2. The minimum atomic E-state index is -4.36. The number of carbonyl (C=O) groups is 1. The molecule has 2 aliphatic rings. The molecule has 0 N–H and O–H groups in total. The molecule has 0 saturated carbocycles. The summed E-state index contributed by atoms with van der Waals surface area (Å²) in [5.74, 6) is -0.0331. The molecule has 1 aromatic heterocycles. The SMILES string of the molecule is CN1CCn2c(C(F)(F)F)ccc2C12CCN(C(=O)c1ccc(-c3ccccc3)cc1)CC2. The van der Waals surface area contributed by atoms with Crippen molar-refractivity contribution in [3.8, 4) is 11.1 Å². The maximum absolute atomic E-state index is 13.5. The number of nitrogens with zero attached hydrogens (tertiary/aromatic N) is 3. The standard InChI is InChI=1S/C26H26F3N3O/c1-30-17-18-32-22(11-12-23(32)26(27,28)29)25(30)13-15-31(16-14-25)24(33)21-9-7-20(8-10-21)19-5-3-2-4-6-19/h2-12H,13-18H2,1H3. The van der Waals surface area contributed by atoms with Crippen LogP contribution in [0.4, 0.5) is 13.2 Å². The third kappa shape index (κ3) is 3.74. The molecule has 1 spiro atoms. The summed E-state index contributed by atoms with van der Waals surface area (Å²) in [5.41, 5.74) is 2.43. The molecule has 0 atom stereocenters. The number of fused-ring (bicyclic) bond motifs is 2. The zero-order valence-corrected chi connectivity index (χ0v) is 18.5. The Morgan fingerprint density at radius 1 is 0.818 bits per heavy atom. The van der Waals surface area contributed by atoms with Crippen LogP contribution in [0.25, 0.3) is 11.1 Å². The Morgan fingerprint density at radius 3 is 2.09 bits per heavy atom. The molecule has 1 saturated heterocycles. The average Bonchev–Trinajstić information content (AvgIpc) is 3.28. The van der Waals surface area contributed by atoms with E-state index in [0.717, 1.165) is 11.1 Å². The molecule has 172 valence electrons. The predicted octanol–water partition coefficient (Wildman–Crippen LogP) is 5.25. The van der Waals surface area contributed by atoms with Crippen molar-refractivity contribution < 1.29 is 18.0 Å². The fraction of sp³-hybridized carbons (Fsp3) is 0.346. The van der Waals surface area contributed by atoms with Crippen molar-refractivity contribution >= 4 is 5.91 Å². The Morgan fingerprint density at radius 2 is 1.45 bits per heavy atom. The molecule has 2 aliphatic heterocycles. The van der Waals surface area contributed by atoms with Gasteiger partial charge in [0, 0.05) is 37.4 Å². The first-order valence-corrected chi connectivity index (χ1v) is 11.2. The Labute approximate surface area is 191 Å². The van der Waals surface area contributed by atoms with Gasteiger partial charge in [0.25, 0.3) is 5.91 Å². The number of hydrogen-bond acceptors (Lipinski definition) is 2. The third-order valence-corrected chi connectivity index (χ3v) is 7.25. The van der Waals surface area contributed by atoms with Crippen LogP contribution in [0.3, 0.4) is 0 Å². The molecular weight excluding hydrogens is 427 g/mol. The van der Waals surface area contributed by atoms with Crippen LogP contribution in [0, 0.1) is 0 Å². The lowest BCUT2D eigenvalue weighted by Gasteiger charge is -2.50. The van der Waals surface area contributed by atoms with Gasteiger partial charge in [0.1, 0.15) is 5.69 Å². The molecule has 33 heavy (non-hydrogen) atoms. The summed E-state index contributed by atoms with van der Waals surface area (Å²) in [6.45, 7) is 1.90. The molecule has 3 aromatic rings. The first-order chi connectivity index (χ1) is 15.8. The highest BCUT2D eigenvalue weighted by Crippen LogP contribution is 2.44. The summed E-state index contributed by atoms with van der Waals surface area (Å²) in [6.07, 6.45) is -3.14. The summed E-state index contributed by atoms with van der Waals surface area (Å²) in [7, 11) is 1.98. The molecule has 0 radical (unpaired) electrons. The lowest BCUT2D eigenvalue weighted by atomic mass is 9.81. The maximum atomic E-state index is 13.5. The summed E-state index contributed by atoms with van der Waals surface area (Å²) >= 11 is 0. The van der Waals surface area contributed by atoms with Gasteiger partial charge in [0.15, 0.2) is 0 Å². The van der Waals surface area contributed by atoms with Crippen LogP contribution in [-0.4, -0.2) is 47.0 Å². The lowest BCUT2D eigenvalue weighted by Crippen LogP contribution is -2.56. The average molecular weight is 454 g/mol. The molecular formula is C26H26F3N3O. The van der Waals surface area contributed by atoms with Gasteiger partial charge in [-0.05, 0) is 55.3 Å². The van der Waals surface area contributed by atoms with Gasteiger partial charge in [-0.3, -0.25) is 9.69 Å². The van der Waals surface area contributed by atoms with E-state index < -0.39 is 17.4 Å². The number of aromatic nitrogens is 1. The van der Waals surface area contributed by atoms with Crippen LogP contribution in [0.1, 0.15) is 34.6 Å². The fourth-order valence-corrected chi connectivity index (χ4v) is 5.36. The highest BCUT2D eigenvalue weighted by Gasteiger charge is 2.47. The van der Waals surface area contributed by atoms with Gasteiger partial charge >= 0.3 is 6.18 Å². The van der Waals surface area contributed by atoms with Crippen molar-refractivity contribution in [3.63, 3.8) is 0 Å².